The quantitative estimate of drug-likeness (QED) is 0.852. The van der Waals surface area contributed by atoms with Gasteiger partial charge >= 0.3 is 0 Å². The predicted octanol–water partition coefficient (Wildman–Crippen LogP) is 3.21. The second-order valence-corrected chi connectivity index (χ2v) is 6.06. The van der Waals surface area contributed by atoms with Crippen LogP contribution < -0.4 is 5.32 Å². The van der Waals surface area contributed by atoms with Crippen LogP contribution in [0.25, 0.3) is 0 Å². The van der Waals surface area contributed by atoms with Crippen LogP contribution in [0, 0.1) is 0 Å². The van der Waals surface area contributed by atoms with Gasteiger partial charge in [0, 0.05) is 17.6 Å². The van der Waals surface area contributed by atoms with Gasteiger partial charge in [-0.1, -0.05) is 23.7 Å². The van der Waals surface area contributed by atoms with E-state index in [0.717, 1.165) is 24.2 Å². The normalized spacial score (nSPS) is 14.3. The van der Waals surface area contributed by atoms with Crippen LogP contribution in [-0.2, 0) is 17.9 Å². The molecule has 116 valence electrons. The number of rotatable bonds is 7. The summed E-state index contributed by atoms with van der Waals surface area (Å²) in [6.07, 6.45) is 3.98. The number of amides is 1. The van der Waals surface area contributed by atoms with Crippen LogP contribution in [0.4, 0.5) is 0 Å². The van der Waals surface area contributed by atoms with Gasteiger partial charge in [0.05, 0.1) is 19.4 Å². The first-order valence-corrected chi connectivity index (χ1v) is 7.86. The molecular formula is C17H19ClN2O2. The van der Waals surface area contributed by atoms with E-state index in [0.29, 0.717) is 30.7 Å². The van der Waals surface area contributed by atoms with Gasteiger partial charge in [-0.15, -0.1) is 0 Å². The Labute approximate surface area is 135 Å². The first kappa shape index (κ1) is 15.1. The number of carbonyl (C=O) groups is 1. The summed E-state index contributed by atoms with van der Waals surface area (Å²) in [5.74, 6) is 0.936. The zero-order valence-corrected chi connectivity index (χ0v) is 13.1. The minimum absolute atomic E-state index is 0.0356. The van der Waals surface area contributed by atoms with Gasteiger partial charge in [0.1, 0.15) is 5.76 Å². The van der Waals surface area contributed by atoms with Crippen molar-refractivity contribution in [2.75, 3.05) is 6.54 Å². The second kappa shape index (κ2) is 6.99. The molecule has 5 heteroatoms. The van der Waals surface area contributed by atoms with Gasteiger partial charge in [0.25, 0.3) is 0 Å². The van der Waals surface area contributed by atoms with Gasteiger partial charge in [-0.25, -0.2) is 0 Å². The number of nitrogens with one attached hydrogen (secondary N) is 1. The molecule has 1 N–H and O–H groups in total. The van der Waals surface area contributed by atoms with Crippen molar-refractivity contribution in [3.05, 3.63) is 59.0 Å². The first-order chi connectivity index (χ1) is 10.7. The molecule has 0 radical (unpaired) electrons. The topological polar surface area (TPSA) is 45.5 Å². The fourth-order valence-corrected chi connectivity index (χ4v) is 2.53. The van der Waals surface area contributed by atoms with Crippen LogP contribution in [0.2, 0.25) is 5.02 Å². The molecule has 0 unspecified atom stereocenters. The summed E-state index contributed by atoms with van der Waals surface area (Å²) < 4.78 is 5.38. The summed E-state index contributed by atoms with van der Waals surface area (Å²) in [6.45, 7) is 1.61. The van der Waals surface area contributed by atoms with Gasteiger partial charge in [-0.05, 0) is 42.7 Å². The van der Waals surface area contributed by atoms with Crippen LogP contribution >= 0.6 is 11.6 Å². The molecule has 3 rings (SSSR count). The Morgan fingerprint density at radius 3 is 2.68 bits per heavy atom. The fraction of sp³-hybridized carbons (Fsp3) is 0.353. The summed E-state index contributed by atoms with van der Waals surface area (Å²) in [4.78, 5) is 14.3. The SMILES string of the molecule is O=C(CN(Cc1ccco1)C1CC1)NCc1ccc(Cl)cc1. The van der Waals surface area contributed by atoms with E-state index in [4.69, 9.17) is 16.0 Å². The van der Waals surface area contributed by atoms with E-state index in [1.165, 1.54) is 0 Å². The number of nitrogens with zero attached hydrogens (tertiary/aromatic N) is 1. The van der Waals surface area contributed by atoms with E-state index in [1.807, 2.05) is 36.4 Å². The average molecular weight is 319 g/mol. The van der Waals surface area contributed by atoms with Gasteiger partial charge in [0.15, 0.2) is 0 Å². The summed E-state index contributed by atoms with van der Waals surface area (Å²) in [5, 5.41) is 3.66. The molecule has 0 bridgehead atoms. The van der Waals surface area contributed by atoms with Crippen LogP contribution in [0.5, 0.6) is 0 Å². The molecule has 1 aliphatic rings. The number of furan rings is 1. The van der Waals surface area contributed by atoms with E-state index in [9.17, 15) is 4.79 Å². The van der Waals surface area contributed by atoms with Crippen molar-refractivity contribution in [3.8, 4) is 0 Å². The maximum atomic E-state index is 12.1. The monoisotopic (exact) mass is 318 g/mol. The highest BCUT2D eigenvalue weighted by molar-refractivity contribution is 6.30. The van der Waals surface area contributed by atoms with Crippen molar-refractivity contribution in [1.82, 2.24) is 10.2 Å². The zero-order valence-electron chi connectivity index (χ0n) is 12.3. The van der Waals surface area contributed by atoms with Gasteiger partial charge < -0.3 is 9.73 Å². The zero-order chi connectivity index (χ0) is 15.4. The van der Waals surface area contributed by atoms with Gasteiger partial charge in [0.2, 0.25) is 5.91 Å². The lowest BCUT2D eigenvalue weighted by molar-refractivity contribution is -0.122. The lowest BCUT2D eigenvalue weighted by atomic mass is 10.2. The third-order valence-corrected chi connectivity index (χ3v) is 4.00. The van der Waals surface area contributed by atoms with Crippen LogP contribution in [-0.4, -0.2) is 23.4 Å². The smallest absolute Gasteiger partial charge is 0.234 e. The van der Waals surface area contributed by atoms with Crippen molar-refractivity contribution < 1.29 is 9.21 Å². The molecule has 0 saturated heterocycles. The minimum Gasteiger partial charge on any atom is -0.468 e. The maximum Gasteiger partial charge on any atom is 0.234 e. The van der Waals surface area contributed by atoms with Crippen LogP contribution in [0.1, 0.15) is 24.2 Å². The van der Waals surface area contributed by atoms with E-state index in [2.05, 4.69) is 10.2 Å². The summed E-state index contributed by atoms with van der Waals surface area (Å²) in [6, 6.07) is 11.8. The predicted molar refractivity (Wildman–Crippen MR) is 85.4 cm³/mol. The van der Waals surface area contributed by atoms with E-state index in [1.54, 1.807) is 6.26 Å². The molecular weight excluding hydrogens is 300 g/mol. The number of carbonyl (C=O) groups excluding carboxylic acids is 1. The number of hydrogen-bond donors (Lipinski definition) is 1. The van der Waals surface area contributed by atoms with Crippen molar-refractivity contribution >= 4 is 17.5 Å². The highest BCUT2D eigenvalue weighted by Gasteiger charge is 2.30. The van der Waals surface area contributed by atoms with Crippen LogP contribution in [0.15, 0.2) is 47.1 Å². The lowest BCUT2D eigenvalue weighted by Gasteiger charge is -2.20. The summed E-state index contributed by atoms with van der Waals surface area (Å²) in [5.41, 5.74) is 1.04. The molecule has 22 heavy (non-hydrogen) atoms. The van der Waals surface area contributed by atoms with Crippen molar-refractivity contribution in [3.63, 3.8) is 0 Å². The molecule has 1 heterocycles. The third-order valence-electron chi connectivity index (χ3n) is 3.75. The Balaban J connectivity index is 1.49. The molecule has 1 saturated carbocycles. The van der Waals surface area contributed by atoms with Crippen molar-refractivity contribution in [2.24, 2.45) is 0 Å². The Morgan fingerprint density at radius 1 is 1.27 bits per heavy atom. The Kier molecular flexibility index (Phi) is 4.80. The molecule has 2 aromatic rings. The summed E-state index contributed by atoms with van der Waals surface area (Å²) >= 11 is 5.85. The maximum absolute atomic E-state index is 12.1. The Bertz CT molecular complexity index is 606. The number of halogens is 1. The van der Waals surface area contributed by atoms with E-state index >= 15 is 0 Å². The van der Waals surface area contributed by atoms with Crippen molar-refractivity contribution in [1.29, 1.82) is 0 Å². The highest BCUT2D eigenvalue weighted by Crippen LogP contribution is 2.28. The molecule has 1 aromatic carbocycles. The number of benzene rings is 1. The molecule has 1 fully saturated rings. The summed E-state index contributed by atoms with van der Waals surface area (Å²) in [7, 11) is 0. The Hall–Kier alpha value is -1.78. The van der Waals surface area contributed by atoms with Gasteiger partial charge in [-0.2, -0.15) is 0 Å². The molecule has 1 aromatic heterocycles. The van der Waals surface area contributed by atoms with Crippen molar-refractivity contribution in [2.45, 2.75) is 32.0 Å². The Morgan fingerprint density at radius 2 is 2.05 bits per heavy atom. The minimum atomic E-state index is 0.0356. The lowest BCUT2D eigenvalue weighted by Crippen LogP contribution is -2.37. The number of hydrogen-bond acceptors (Lipinski definition) is 3. The highest BCUT2D eigenvalue weighted by atomic mass is 35.5. The van der Waals surface area contributed by atoms with Crippen LogP contribution in [0.3, 0.4) is 0 Å². The van der Waals surface area contributed by atoms with Gasteiger partial charge in [-0.3, -0.25) is 9.69 Å². The standard InChI is InChI=1S/C17H19ClN2O2/c18-14-5-3-13(4-6-14)10-19-17(21)12-20(15-7-8-15)11-16-2-1-9-22-16/h1-6,9,15H,7-8,10-12H2,(H,19,21). The molecule has 0 spiro atoms. The molecule has 1 aliphatic carbocycles. The average Bonchev–Trinajstić information content (AvgIpc) is 3.24. The fourth-order valence-electron chi connectivity index (χ4n) is 2.40. The molecule has 4 nitrogen and oxygen atoms in total. The largest absolute Gasteiger partial charge is 0.468 e. The first-order valence-electron chi connectivity index (χ1n) is 7.48. The molecule has 1 amide bonds. The third kappa shape index (κ3) is 4.36. The molecule has 0 atom stereocenters. The second-order valence-electron chi connectivity index (χ2n) is 5.62. The molecule has 0 aliphatic heterocycles. The van der Waals surface area contributed by atoms with E-state index in [-0.39, 0.29) is 5.91 Å². The van der Waals surface area contributed by atoms with E-state index < -0.39 is 0 Å².